The highest BCUT2D eigenvalue weighted by Gasteiger charge is 2.18. The molecule has 0 radical (unpaired) electrons. The molecule has 0 unspecified atom stereocenters. The van der Waals surface area contributed by atoms with Gasteiger partial charge in [0.2, 0.25) is 10.0 Å². The predicted molar refractivity (Wildman–Crippen MR) is 116 cm³/mol. The van der Waals surface area contributed by atoms with E-state index in [9.17, 15) is 13.2 Å². The van der Waals surface area contributed by atoms with Crippen LogP contribution in [0.2, 0.25) is 0 Å². The molecule has 2 aromatic carbocycles. The zero-order chi connectivity index (χ0) is 22.3. The molecule has 2 rings (SSSR count). The second-order valence-corrected chi connectivity index (χ2v) is 9.50. The maximum absolute atomic E-state index is 12.3. The number of nitrogens with zero attached hydrogens (tertiary/aromatic N) is 1. The van der Waals surface area contributed by atoms with Crippen LogP contribution in [0, 0.1) is 0 Å². The fourth-order valence-electron chi connectivity index (χ4n) is 2.71. The van der Waals surface area contributed by atoms with E-state index in [1.54, 1.807) is 19.1 Å². The van der Waals surface area contributed by atoms with Crippen LogP contribution in [0.25, 0.3) is 0 Å². The first-order chi connectivity index (χ1) is 14.1. The molecular weight excluding hydrogens is 404 g/mol. The number of ether oxygens (including phenoxy) is 2. The first-order valence-corrected chi connectivity index (χ1v) is 11.3. The van der Waals surface area contributed by atoms with Crippen LogP contribution < -0.4 is 14.8 Å². The molecule has 7 nitrogen and oxygen atoms in total. The molecule has 0 saturated carbocycles. The SMILES string of the molecule is CC(C)c1ccccc1O[C@H](C)C(=O)NCCOc1ccc(S(=O)(=O)N(C)C)cc1. The van der Waals surface area contributed by atoms with Crippen molar-refractivity contribution in [3.05, 3.63) is 54.1 Å². The Hall–Kier alpha value is -2.58. The molecule has 0 heterocycles. The molecule has 0 fully saturated rings. The number of benzene rings is 2. The van der Waals surface area contributed by atoms with Gasteiger partial charge in [-0.25, -0.2) is 12.7 Å². The van der Waals surface area contributed by atoms with Crippen molar-refractivity contribution in [3.63, 3.8) is 0 Å². The summed E-state index contributed by atoms with van der Waals surface area (Å²) in [5.74, 6) is 1.30. The van der Waals surface area contributed by atoms with Gasteiger partial charge in [-0.1, -0.05) is 32.0 Å². The number of amides is 1. The average Bonchev–Trinajstić information content (AvgIpc) is 2.71. The second kappa shape index (κ2) is 10.4. The number of carbonyl (C=O) groups excluding carboxylic acids is 1. The lowest BCUT2D eigenvalue weighted by molar-refractivity contribution is -0.127. The van der Waals surface area contributed by atoms with Gasteiger partial charge >= 0.3 is 0 Å². The van der Waals surface area contributed by atoms with Crippen LogP contribution in [-0.4, -0.2) is 52.0 Å². The van der Waals surface area contributed by atoms with Crippen LogP contribution in [0.1, 0.15) is 32.3 Å². The number of sulfonamides is 1. The van der Waals surface area contributed by atoms with Gasteiger partial charge in [-0.2, -0.15) is 0 Å². The summed E-state index contributed by atoms with van der Waals surface area (Å²) >= 11 is 0. The van der Waals surface area contributed by atoms with Crippen LogP contribution in [0.3, 0.4) is 0 Å². The van der Waals surface area contributed by atoms with E-state index in [1.165, 1.54) is 26.2 Å². The standard InChI is InChI=1S/C22H30N2O5S/c1-16(2)20-8-6-7-9-21(20)29-17(3)22(25)23-14-15-28-18-10-12-19(13-11-18)30(26,27)24(4)5/h6-13,16-17H,14-15H2,1-5H3,(H,23,25)/t17-/m1/s1. The van der Waals surface area contributed by atoms with Crippen LogP contribution >= 0.6 is 0 Å². The third-order valence-electron chi connectivity index (χ3n) is 4.49. The molecule has 8 heteroatoms. The van der Waals surface area contributed by atoms with Crippen molar-refractivity contribution in [1.29, 1.82) is 0 Å². The predicted octanol–water partition coefficient (Wildman–Crippen LogP) is 3.02. The van der Waals surface area contributed by atoms with E-state index < -0.39 is 16.1 Å². The van der Waals surface area contributed by atoms with Crippen LogP contribution in [0.15, 0.2) is 53.4 Å². The fraction of sp³-hybridized carbons (Fsp3) is 0.409. The average molecular weight is 435 g/mol. The van der Waals surface area contributed by atoms with E-state index in [-0.39, 0.29) is 17.4 Å². The van der Waals surface area contributed by atoms with Gasteiger partial charge in [0.25, 0.3) is 5.91 Å². The second-order valence-electron chi connectivity index (χ2n) is 7.35. The number of nitrogens with one attached hydrogen (secondary N) is 1. The third-order valence-corrected chi connectivity index (χ3v) is 6.32. The summed E-state index contributed by atoms with van der Waals surface area (Å²) in [6.45, 7) is 6.41. The molecule has 1 amide bonds. The molecule has 164 valence electrons. The summed E-state index contributed by atoms with van der Waals surface area (Å²) in [5, 5.41) is 2.78. The van der Waals surface area contributed by atoms with E-state index in [0.29, 0.717) is 24.0 Å². The van der Waals surface area contributed by atoms with Gasteiger partial charge in [-0.3, -0.25) is 4.79 Å². The Morgan fingerprint density at radius 3 is 2.27 bits per heavy atom. The van der Waals surface area contributed by atoms with E-state index >= 15 is 0 Å². The fourth-order valence-corrected chi connectivity index (χ4v) is 3.62. The van der Waals surface area contributed by atoms with Gasteiger partial charge in [-0.05, 0) is 48.7 Å². The van der Waals surface area contributed by atoms with Crippen molar-refractivity contribution in [1.82, 2.24) is 9.62 Å². The molecule has 0 aliphatic carbocycles. The lowest BCUT2D eigenvalue weighted by Crippen LogP contribution is -2.38. The lowest BCUT2D eigenvalue weighted by atomic mass is 10.0. The first-order valence-electron chi connectivity index (χ1n) is 9.81. The zero-order valence-corrected chi connectivity index (χ0v) is 18.9. The van der Waals surface area contributed by atoms with Gasteiger partial charge in [0, 0.05) is 14.1 Å². The third kappa shape index (κ3) is 6.21. The molecule has 0 aliphatic heterocycles. The minimum Gasteiger partial charge on any atom is -0.492 e. The van der Waals surface area contributed by atoms with Crippen LogP contribution in [0.4, 0.5) is 0 Å². The Balaban J connectivity index is 1.81. The Bertz CT molecular complexity index is 940. The van der Waals surface area contributed by atoms with E-state index in [2.05, 4.69) is 19.2 Å². The van der Waals surface area contributed by atoms with Crippen molar-refractivity contribution in [2.24, 2.45) is 0 Å². The summed E-state index contributed by atoms with van der Waals surface area (Å²) in [6, 6.07) is 13.9. The molecule has 0 aliphatic rings. The molecule has 1 N–H and O–H groups in total. The van der Waals surface area contributed by atoms with E-state index in [4.69, 9.17) is 9.47 Å². The summed E-state index contributed by atoms with van der Waals surface area (Å²) in [6.07, 6.45) is -0.638. The summed E-state index contributed by atoms with van der Waals surface area (Å²) in [7, 11) is -0.506. The van der Waals surface area contributed by atoms with Crippen molar-refractivity contribution in [2.75, 3.05) is 27.2 Å². The Morgan fingerprint density at radius 2 is 1.67 bits per heavy atom. The lowest BCUT2D eigenvalue weighted by Gasteiger charge is -2.18. The molecule has 0 spiro atoms. The smallest absolute Gasteiger partial charge is 0.260 e. The number of rotatable bonds is 10. The van der Waals surface area contributed by atoms with Gasteiger partial charge < -0.3 is 14.8 Å². The minimum atomic E-state index is -3.47. The quantitative estimate of drug-likeness (QED) is 0.581. The number of hydrogen-bond donors (Lipinski definition) is 1. The highest BCUT2D eigenvalue weighted by Crippen LogP contribution is 2.26. The van der Waals surface area contributed by atoms with Gasteiger partial charge in [-0.15, -0.1) is 0 Å². The van der Waals surface area contributed by atoms with Crippen LogP contribution in [0.5, 0.6) is 11.5 Å². The van der Waals surface area contributed by atoms with Gasteiger partial charge in [0.1, 0.15) is 18.1 Å². The van der Waals surface area contributed by atoms with Crippen molar-refractivity contribution in [3.8, 4) is 11.5 Å². The minimum absolute atomic E-state index is 0.195. The normalized spacial score (nSPS) is 12.6. The summed E-state index contributed by atoms with van der Waals surface area (Å²) in [4.78, 5) is 12.5. The molecule has 30 heavy (non-hydrogen) atoms. The highest BCUT2D eigenvalue weighted by molar-refractivity contribution is 7.89. The van der Waals surface area contributed by atoms with Crippen molar-refractivity contribution in [2.45, 2.75) is 37.7 Å². The highest BCUT2D eigenvalue weighted by atomic mass is 32.2. The molecule has 0 bridgehead atoms. The largest absolute Gasteiger partial charge is 0.492 e. The number of hydrogen-bond acceptors (Lipinski definition) is 5. The Kier molecular flexibility index (Phi) is 8.25. The van der Waals surface area contributed by atoms with E-state index in [1.807, 2.05) is 24.3 Å². The Morgan fingerprint density at radius 1 is 1.03 bits per heavy atom. The molecule has 0 aromatic heterocycles. The number of para-hydroxylation sites is 1. The monoisotopic (exact) mass is 434 g/mol. The maximum atomic E-state index is 12.3. The molecule has 1 atom stereocenters. The molecule has 0 saturated heterocycles. The van der Waals surface area contributed by atoms with Gasteiger partial charge in [0.15, 0.2) is 6.10 Å². The molecular formula is C22H30N2O5S. The van der Waals surface area contributed by atoms with E-state index in [0.717, 1.165) is 9.87 Å². The van der Waals surface area contributed by atoms with Gasteiger partial charge in [0.05, 0.1) is 11.4 Å². The number of carbonyl (C=O) groups is 1. The Labute approximate surface area is 179 Å². The topological polar surface area (TPSA) is 84.9 Å². The molecule has 2 aromatic rings. The summed E-state index contributed by atoms with van der Waals surface area (Å²) < 4.78 is 36.7. The van der Waals surface area contributed by atoms with Crippen LogP contribution in [-0.2, 0) is 14.8 Å². The van der Waals surface area contributed by atoms with Crippen molar-refractivity contribution < 1.29 is 22.7 Å². The summed E-state index contributed by atoms with van der Waals surface area (Å²) in [5.41, 5.74) is 1.06. The maximum Gasteiger partial charge on any atom is 0.260 e. The zero-order valence-electron chi connectivity index (χ0n) is 18.1. The first kappa shape index (κ1) is 23.7. The van der Waals surface area contributed by atoms with Crippen molar-refractivity contribution >= 4 is 15.9 Å².